The maximum Gasteiger partial charge on any atom is 0.150 e. The van der Waals surface area contributed by atoms with Crippen LogP contribution in [0.5, 0.6) is 5.75 Å². The van der Waals surface area contributed by atoms with Crippen LogP contribution in [-0.2, 0) is 0 Å². The van der Waals surface area contributed by atoms with Crippen molar-refractivity contribution in [2.75, 3.05) is 0 Å². The van der Waals surface area contributed by atoms with Crippen LogP contribution in [0.25, 0.3) is 11.1 Å². The summed E-state index contributed by atoms with van der Waals surface area (Å²) >= 11 is 0. The zero-order chi connectivity index (χ0) is 11.5. The fraction of sp³-hybridized carbons (Fsp3) is 0.0714. The molecule has 2 heteroatoms. The predicted octanol–water partition coefficient (Wildman–Crippen LogP) is 3.18. The molecule has 0 radical (unpaired) electrons. The number of benzene rings is 2. The number of hydrogen-bond acceptors (Lipinski definition) is 2. The molecule has 80 valence electrons. The van der Waals surface area contributed by atoms with Gasteiger partial charge in [-0.2, -0.15) is 0 Å². The molecule has 2 rings (SSSR count). The average Bonchev–Trinajstić information content (AvgIpc) is 2.32. The number of aldehydes is 1. The van der Waals surface area contributed by atoms with Crippen molar-refractivity contribution >= 4 is 6.29 Å². The molecule has 0 atom stereocenters. The van der Waals surface area contributed by atoms with Gasteiger partial charge in [0.05, 0.1) is 0 Å². The summed E-state index contributed by atoms with van der Waals surface area (Å²) in [4.78, 5) is 10.9. The summed E-state index contributed by atoms with van der Waals surface area (Å²) in [5, 5.41) is 9.79. The first-order valence-corrected chi connectivity index (χ1v) is 5.06. The van der Waals surface area contributed by atoms with Gasteiger partial charge in [0.15, 0.2) is 6.29 Å². The molecule has 0 saturated heterocycles. The van der Waals surface area contributed by atoms with E-state index in [1.54, 1.807) is 18.2 Å². The number of hydrogen-bond donors (Lipinski definition) is 1. The zero-order valence-corrected chi connectivity index (χ0v) is 8.97. The van der Waals surface area contributed by atoms with Gasteiger partial charge in [-0.3, -0.25) is 4.79 Å². The number of phenolic OH excluding ortho intramolecular Hbond substituents is 1. The number of carbonyl (C=O) groups is 1. The number of rotatable bonds is 2. The van der Waals surface area contributed by atoms with E-state index in [0.717, 1.165) is 17.4 Å². The molecule has 0 aliphatic heterocycles. The molecule has 0 amide bonds. The molecule has 2 aromatic rings. The smallest absolute Gasteiger partial charge is 0.150 e. The van der Waals surface area contributed by atoms with Crippen LogP contribution in [0.4, 0.5) is 0 Å². The lowest BCUT2D eigenvalue weighted by molar-refractivity contribution is 0.112. The summed E-state index contributed by atoms with van der Waals surface area (Å²) in [5.41, 5.74) is 3.10. The van der Waals surface area contributed by atoms with Crippen molar-refractivity contribution < 1.29 is 9.90 Å². The fourth-order valence-corrected chi connectivity index (χ4v) is 1.71. The van der Waals surface area contributed by atoms with Crippen molar-refractivity contribution in [3.05, 3.63) is 53.6 Å². The maximum absolute atomic E-state index is 10.9. The molecule has 0 aliphatic rings. The van der Waals surface area contributed by atoms with Crippen molar-refractivity contribution in [1.82, 2.24) is 0 Å². The first kappa shape index (κ1) is 10.4. The Balaban J connectivity index is 2.66. The third-order valence-corrected chi connectivity index (χ3v) is 2.53. The predicted molar refractivity (Wildman–Crippen MR) is 63.7 cm³/mol. The first-order chi connectivity index (χ1) is 7.72. The Morgan fingerprint density at radius 3 is 2.56 bits per heavy atom. The topological polar surface area (TPSA) is 37.3 Å². The largest absolute Gasteiger partial charge is 0.507 e. The molecule has 0 saturated carbocycles. The Kier molecular flexibility index (Phi) is 2.73. The first-order valence-electron chi connectivity index (χ1n) is 5.06. The van der Waals surface area contributed by atoms with Crippen molar-refractivity contribution in [3.8, 4) is 16.9 Å². The van der Waals surface area contributed by atoms with Crippen molar-refractivity contribution in [1.29, 1.82) is 0 Å². The molecule has 16 heavy (non-hydrogen) atoms. The third-order valence-electron chi connectivity index (χ3n) is 2.53. The molecule has 0 fully saturated rings. The number of aryl methyl sites for hydroxylation is 1. The van der Waals surface area contributed by atoms with Gasteiger partial charge in [-0.05, 0) is 24.6 Å². The Labute approximate surface area is 94.2 Å². The molecule has 0 heterocycles. The van der Waals surface area contributed by atoms with Crippen LogP contribution in [-0.4, -0.2) is 11.4 Å². The van der Waals surface area contributed by atoms with E-state index in [1.807, 2.05) is 31.2 Å². The second-order valence-electron chi connectivity index (χ2n) is 3.73. The summed E-state index contributed by atoms with van der Waals surface area (Å²) in [5.74, 6) is 0.194. The van der Waals surface area contributed by atoms with Crippen LogP contribution in [0.15, 0.2) is 42.5 Å². The highest BCUT2D eigenvalue weighted by molar-refractivity contribution is 5.89. The molecular weight excluding hydrogens is 200 g/mol. The normalized spacial score (nSPS) is 10.1. The Hall–Kier alpha value is -2.09. The zero-order valence-electron chi connectivity index (χ0n) is 8.97. The number of aromatic hydroxyl groups is 1. The molecule has 0 spiro atoms. The Bertz CT molecular complexity index is 530. The molecule has 0 bridgehead atoms. The minimum Gasteiger partial charge on any atom is -0.507 e. The molecule has 2 nitrogen and oxygen atoms in total. The third kappa shape index (κ3) is 1.82. The van der Waals surface area contributed by atoms with Crippen LogP contribution in [0.3, 0.4) is 0 Å². The van der Waals surface area contributed by atoms with E-state index in [1.165, 1.54) is 0 Å². The quantitative estimate of drug-likeness (QED) is 0.776. The Morgan fingerprint density at radius 2 is 1.81 bits per heavy atom. The molecule has 0 aliphatic carbocycles. The standard InChI is InChI=1S/C14H12O2/c1-10-6-7-14(16)13(8-10)12-5-3-2-4-11(12)9-15/h2-9,16H,1H3. The molecule has 0 aromatic heterocycles. The lowest BCUT2D eigenvalue weighted by atomic mass is 9.98. The van der Waals surface area contributed by atoms with Crippen LogP contribution < -0.4 is 0 Å². The molecule has 2 aromatic carbocycles. The van der Waals surface area contributed by atoms with Crippen LogP contribution in [0, 0.1) is 6.92 Å². The monoisotopic (exact) mass is 212 g/mol. The van der Waals surface area contributed by atoms with E-state index >= 15 is 0 Å². The summed E-state index contributed by atoms with van der Waals surface area (Å²) in [6.07, 6.45) is 0.803. The highest BCUT2D eigenvalue weighted by atomic mass is 16.3. The Morgan fingerprint density at radius 1 is 1.06 bits per heavy atom. The summed E-state index contributed by atoms with van der Waals surface area (Å²) in [6.45, 7) is 1.95. The van der Waals surface area contributed by atoms with E-state index in [0.29, 0.717) is 11.1 Å². The van der Waals surface area contributed by atoms with Crippen LogP contribution in [0.1, 0.15) is 15.9 Å². The lowest BCUT2D eigenvalue weighted by Gasteiger charge is -2.08. The van der Waals surface area contributed by atoms with E-state index in [2.05, 4.69) is 0 Å². The van der Waals surface area contributed by atoms with E-state index < -0.39 is 0 Å². The molecule has 0 unspecified atom stereocenters. The SMILES string of the molecule is Cc1ccc(O)c(-c2ccccc2C=O)c1. The van der Waals surface area contributed by atoms with Crippen LogP contribution >= 0.6 is 0 Å². The second-order valence-corrected chi connectivity index (χ2v) is 3.73. The highest BCUT2D eigenvalue weighted by Crippen LogP contribution is 2.31. The van der Waals surface area contributed by atoms with Gasteiger partial charge in [0.1, 0.15) is 5.75 Å². The van der Waals surface area contributed by atoms with E-state index in [4.69, 9.17) is 0 Å². The fourth-order valence-electron chi connectivity index (χ4n) is 1.71. The van der Waals surface area contributed by atoms with Gasteiger partial charge < -0.3 is 5.11 Å². The van der Waals surface area contributed by atoms with Gasteiger partial charge >= 0.3 is 0 Å². The van der Waals surface area contributed by atoms with Crippen molar-refractivity contribution in [2.24, 2.45) is 0 Å². The summed E-state index contributed by atoms with van der Waals surface area (Å²) in [7, 11) is 0. The lowest BCUT2D eigenvalue weighted by Crippen LogP contribution is -1.88. The maximum atomic E-state index is 10.9. The molecule has 1 N–H and O–H groups in total. The van der Waals surface area contributed by atoms with Gasteiger partial charge in [-0.1, -0.05) is 35.9 Å². The minimum absolute atomic E-state index is 0.194. The van der Waals surface area contributed by atoms with Gasteiger partial charge in [0, 0.05) is 11.1 Å². The van der Waals surface area contributed by atoms with Gasteiger partial charge in [0.25, 0.3) is 0 Å². The number of phenols is 1. The van der Waals surface area contributed by atoms with Crippen molar-refractivity contribution in [3.63, 3.8) is 0 Å². The summed E-state index contributed by atoms with van der Waals surface area (Å²) < 4.78 is 0. The van der Waals surface area contributed by atoms with E-state index in [9.17, 15) is 9.90 Å². The van der Waals surface area contributed by atoms with E-state index in [-0.39, 0.29) is 5.75 Å². The van der Waals surface area contributed by atoms with Crippen molar-refractivity contribution in [2.45, 2.75) is 6.92 Å². The highest BCUT2D eigenvalue weighted by Gasteiger charge is 2.08. The van der Waals surface area contributed by atoms with Gasteiger partial charge in [-0.25, -0.2) is 0 Å². The number of carbonyl (C=O) groups excluding carboxylic acids is 1. The minimum atomic E-state index is 0.194. The average molecular weight is 212 g/mol. The molecular formula is C14H12O2. The second kappa shape index (κ2) is 4.19. The van der Waals surface area contributed by atoms with Gasteiger partial charge in [-0.15, -0.1) is 0 Å². The summed E-state index contributed by atoms with van der Waals surface area (Å²) in [6, 6.07) is 12.6. The van der Waals surface area contributed by atoms with Gasteiger partial charge in [0.2, 0.25) is 0 Å². The van der Waals surface area contributed by atoms with Crippen LogP contribution in [0.2, 0.25) is 0 Å².